The summed E-state index contributed by atoms with van der Waals surface area (Å²) in [5.41, 5.74) is 1.67. The SMILES string of the molecule is CC/C(=C\C(=O)c1ccc(C(F)(F)F)cc1)N[C@@H](Cc1ccc(OCCc2nc(-c3ccc(F)cc3)oc2CC)cc1)C(=O)O. The van der Waals surface area contributed by atoms with Crippen molar-refractivity contribution < 1.29 is 41.4 Å². The number of carbonyl (C=O) groups is 2. The minimum atomic E-state index is -4.51. The van der Waals surface area contributed by atoms with Gasteiger partial charge in [0.25, 0.3) is 0 Å². The Hall–Kier alpha value is -4.93. The lowest BCUT2D eigenvalue weighted by Gasteiger charge is -2.18. The molecule has 0 unspecified atom stereocenters. The predicted octanol–water partition coefficient (Wildman–Crippen LogP) is 7.45. The third-order valence-corrected chi connectivity index (χ3v) is 7.00. The number of benzene rings is 3. The number of rotatable bonds is 14. The highest BCUT2D eigenvalue weighted by Crippen LogP contribution is 2.29. The van der Waals surface area contributed by atoms with Crippen LogP contribution in [0.25, 0.3) is 11.5 Å². The molecule has 0 saturated carbocycles. The molecule has 1 heterocycles. The Kier molecular flexibility index (Phi) is 10.8. The average Bonchev–Trinajstić information content (AvgIpc) is 3.44. The van der Waals surface area contributed by atoms with E-state index >= 15 is 0 Å². The van der Waals surface area contributed by atoms with Crippen LogP contribution in [0, 0.1) is 5.82 Å². The molecule has 45 heavy (non-hydrogen) atoms. The molecule has 0 amide bonds. The van der Waals surface area contributed by atoms with Crippen molar-refractivity contribution in [2.24, 2.45) is 0 Å². The molecule has 0 fully saturated rings. The number of oxazole rings is 1. The van der Waals surface area contributed by atoms with Crippen LogP contribution in [0.4, 0.5) is 17.6 Å². The molecule has 4 aromatic rings. The van der Waals surface area contributed by atoms with E-state index in [2.05, 4.69) is 10.3 Å². The van der Waals surface area contributed by atoms with Gasteiger partial charge in [-0.1, -0.05) is 38.1 Å². The Morgan fingerprint density at radius 1 is 1.00 bits per heavy atom. The third kappa shape index (κ3) is 9.04. The van der Waals surface area contributed by atoms with Crippen LogP contribution in [-0.2, 0) is 30.2 Å². The predicted molar refractivity (Wildman–Crippen MR) is 159 cm³/mol. The summed E-state index contributed by atoms with van der Waals surface area (Å²) in [5, 5.41) is 12.7. The molecule has 0 bridgehead atoms. The lowest BCUT2D eigenvalue weighted by atomic mass is 10.0. The van der Waals surface area contributed by atoms with Gasteiger partial charge in [-0.2, -0.15) is 13.2 Å². The first kappa shape index (κ1) is 33.0. The molecule has 0 aliphatic carbocycles. The Balaban J connectivity index is 1.34. The van der Waals surface area contributed by atoms with Gasteiger partial charge < -0.3 is 19.6 Å². The summed E-state index contributed by atoms with van der Waals surface area (Å²) in [5.74, 6) is -0.294. The Morgan fingerprint density at radius 2 is 1.67 bits per heavy atom. The van der Waals surface area contributed by atoms with Crippen LogP contribution in [0.5, 0.6) is 5.75 Å². The number of carboxylic acids is 1. The summed E-state index contributed by atoms with van der Waals surface area (Å²) in [6.45, 7) is 4.00. The zero-order chi connectivity index (χ0) is 32.6. The molecule has 0 aliphatic rings. The fourth-order valence-electron chi connectivity index (χ4n) is 4.53. The lowest BCUT2D eigenvalue weighted by Crippen LogP contribution is -2.38. The maximum Gasteiger partial charge on any atom is 0.416 e. The molecule has 236 valence electrons. The van der Waals surface area contributed by atoms with Crippen molar-refractivity contribution >= 4 is 11.8 Å². The van der Waals surface area contributed by atoms with E-state index in [0.717, 1.165) is 35.7 Å². The Labute approximate surface area is 257 Å². The molecule has 0 saturated heterocycles. The third-order valence-electron chi connectivity index (χ3n) is 7.00. The van der Waals surface area contributed by atoms with E-state index < -0.39 is 29.5 Å². The molecule has 1 atom stereocenters. The monoisotopic (exact) mass is 624 g/mol. The molecule has 4 rings (SSSR count). The van der Waals surface area contributed by atoms with Crippen molar-refractivity contribution in [1.29, 1.82) is 0 Å². The number of allylic oxidation sites excluding steroid dienone is 2. The molecule has 3 aromatic carbocycles. The summed E-state index contributed by atoms with van der Waals surface area (Å²) in [4.78, 5) is 29.2. The van der Waals surface area contributed by atoms with Crippen LogP contribution < -0.4 is 10.1 Å². The van der Waals surface area contributed by atoms with Crippen LogP contribution in [0.1, 0.15) is 53.2 Å². The second-order valence-corrected chi connectivity index (χ2v) is 10.2. The maximum absolute atomic E-state index is 13.3. The number of aryl methyl sites for hydroxylation is 1. The molecule has 2 N–H and O–H groups in total. The summed E-state index contributed by atoms with van der Waals surface area (Å²) < 4.78 is 63.5. The smallest absolute Gasteiger partial charge is 0.416 e. The highest BCUT2D eigenvalue weighted by atomic mass is 19.4. The Morgan fingerprint density at radius 3 is 2.24 bits per heavy atom. The highest BCUT2D eigenvalue weighted by molar-refractivity contribution is 6.04. The fraction of sp³-hybridized carbons (Fsp3) is 0.265. The minimum absolute atomic E-state index is 0.0565. The van der Waals surface area contributed by atoms with Gasteiger partial charge in [0.1, 0.15) is 23.4 Å². The van der Waals surface area contributed by atoms with Crippen LogP contribution in [0.15, 0.2) is 89.0 Å². The number of nitrogens with zero attached hydrogens (tertiary/aromatic N) is 1. The molecule has 0 radical (unpaired) electrons. The minimum Gasteiger partial charge on any atom is -0.493 e. The normalized spacial score (nSPS) is 12.5. The zero-order valence-corrected chi connectivity index (χ0v) is 24.7. The molecule has 1 aromatic heterocycles. The number of halogens is 4. The second kappa shape index (κ2) is 14.7. The first-order chi connectivity index (χ1) is 21.5. The van der Waals surface area contributed by atoms with Crippen LogP contribution >= 0.6 is 0 Å². The van der Waals surface area contributed by atoms with Crippen molar-refractivity contribution in [3.8, 4) is 17.2 Å². The number of carbonyl (C=O) groups excluding carboxylic acids is 1. The van der Waals surface area contributed by atoms with E-state index in [-0.39, 0.29) is 17.8 Å². The van der Waals surface area contributed by atoms with Crippen molar-refractivity contribution in [2.75, 3.05) is 6.61 Å². The molecular weight excluding hydrogens is 592 g/mol. The van der Waals surface area contributed by atoms with Crippen LogP contribution in [0.2, 0.25) is 0 Å². The van der Waals surface area contributed by atoms with Gasteiger partial charge in [0.15, 0.2) is 5.78 Å². The van der Waals surface area contributed by atoms with E-state index in [1.807, 2.05) is 6.92 Å². The summed E-state index contributed by atoms with van der Waals surface area (Å²) in [6, 6.07) is 15.6. The number of aromatic nitrogens is 1. The Bertz CT molecular complexity index is 1630. The van der Waals surface area contributed by atoms with E-state index in [1.165, 1.54) is 18.2 Å². The fourth-order valence-corrected chi connectivity index (χ4v) is 4.53. The van der Waals surface area contributed by atoms with Crippen LogP contribution in [-0.4, -0.2) is 34.5 Å². The number of hydrogen-bond donors (Lipinski definition) is 2. The van der Waals surface area contributed by atoms with Crippen LogP contribution in [0.3, 0.4) is 0 Å². The molecule has 7 nitrogen and oxygen atoms in total. The number of aliphatic carboxylic acids is 1. The van der Waals surface area contributed by atoms with Crippen molar-refractivity contribution in [3.63, 3.8) is 0 Å². The van der Waals surface area contributed by atoms with Gasteiger partial charge in [0, 0.05) is 42.2 Å². The molecule has 11 heteroatoms. The average molecular weight is 625 g/mol. The van der Waals surface area contributed by atoms with E-state index in [4.69, 9.17) is 9.15 Å². The van der Waals surface area contributed by atoms with E-state index in [9.17, 15) is 32.3 Å². The van der Waals surface area contributed by atoms with Crippen molar-refractivity contribution in [1.82, 2.24) is 10.3 Å². The maximum atomic E-state index is 13.3. The number of alkyl halides is 3. The largest absolute Gasteiger partial charge is 0.493 e. The topological polar surface area (TPSA) is 102 Å². The first-order valence-corrected chi connectivity index (χ1v) is 14.3. The summed E-state index contributed by atoms with van der Waals surface area (Å²) in [7, 11) is 0. The van der Waals surface area contributed by atoms with Gasteiger partial charge in [0.05, 0.1) is 17.9 Å². The molecule has 0 spiro atoms. The van der Waals surface area contributed by atoms with Gasteiger partial charge in [-0.15, -0.1) is 0 Å². The summed E-state index contributed by atoms with van der Waals surface area (Å²) in [6.07, 6.45) is -1.78. The van der Waals surface area contributed by atoms with Gasteiger partial charge >= 0.3 is 12.1 Å². The highest BCUT2D eigenvalue weighted by Gasteiger charge is 2.30. The lowest BCUT2D eigenvalue weighted by molar-refractivity contribution is -0.139. The van der Waals surface area contributed by atoms with Crippen molar-refractivity contribution in [3.05, 3.63) is 119 Å². The van der Waals surface area contributed by atoms with Gasteiger partial charge in [-0.25, -0.2) is 14.2 Å². The first-order valence-electron chi connectivity index (χ1n) is 14.3. The number of carboxylic acid groups (broad SMARTS) is 1. The number of ether oxygens (including phenoxy) is 1. The van der Waals surface area contributed by atoms with Gasteiger partial charge in [-0.05, 0) is 60.5 Å². The number of ketones is 1. The zero-order valence-electron chi connectivity index (χ0n) is 24.7. The molecular formula is C34H32F4N2O5. The van der Waals surface area contributed by atoms with Gasteiger partial charge in [-0.3, -0.25) is 4.79 Å². The summed E-state index contributed by atoms with van der Waals surface area (Å²) >= 11 is 0. The van der Waals surface area contributed by atoms with E-state index in [1.54, 1.807) is 43.3 Å². The van der Waals surface area contributed by atoms with Crippen molar-refractivity contribution in [2.45, 2.75) is 51.7 Å². The van der Waals surface area contributed by atoms with E-state index in [0.29, 0.717) is 54.3 Å². The van der Waals surface area contributed by atoms with Gasteiger partial charge in [0.2, 0.25) is 5.89 Å². The molecule has 0 aliphatic heterocycles. The standard InChI is InChI=1S/C34H32F4N2O5/c1-3-26(20-30(41)22-7-11-24(12-8-22)34(36,37)38)39-29(33(42)43)19-21-5-15-27(16-6-21)44-18-17-28-31(4-2)45-32(40-28)23-9-13-25(35)14-10-23/h5-16,20,29,39H,3-4,17-19H2,1-2H3,(H,42,43)/b26-20+/t29-/m0/s1. The quantitative estimate of drug-likeness (QED) is 0.0854. The number of nitrogens with one attached hydrogen (secondary N) is 1. The number of hydrogen-bond acceptors (Lipinski definition) is 6. The second-order valence-electron chi connectivity index (χ2n) is 10.2.